The summed E-state index contributed by atoms with van der Waals surface area (Å²) in [5.41, 5.74) is -1.85. The van der Waals surface area contributed by atoms with Crippen LogP contribution in [0.1, 0.15) is 128 Å². The first kappa shape index (κ1) is 79.2. The summed E-state index contributed by atoms with van der Waals surface area (Å²) in [5.74, 6) is -24.0. The fraction of sp³-hybridized carbons (Fsp3) is 0.721. The molecule has 530 valence electrons. The van der Waals surface area contributed by atoms with E-state index in [1.807, 2.05) is 41.5 Å². The topological polar surface area (TPSA) is 364 Å². The van der Waals surface area contributed by atoms with Crippen molar-refractivity contribution in [2.45, 2.75) is 189 Å². The number of esters is 4. The number of carbonyl (C=O) groups is 11. The van der Waals surface area contributed by atoms with Gasteiger partial charge in [-0.3, -0.25) is 52.7 Å². The third-order valence-electron chi connectivity index (χ3n) is 16.9. The first-order chi connectivity index (χ1) is 44.1. The van der Waals surface area contributed by atoms with Gasteiger partial charge in [0.2, 0.25) is 76.2 Å². The maximum atomic E-state index is 14.7. The summed E-state index contributed by atoms with van der Waals surface area (Å²) in [6.07, 6.45) is -9.34. The summed E-state index contributed by atoms with van der Waals surface area (Å²) in [5, 5.41) is 19.0. The van der Waals surface area contributed by atoms with Crippen molar-refractivity contribution < 1.29 is 122 Å². The molecular formula is C61H90F5N7O21. The molecule has 33 heteroatoms. The van der Waals surface area contributed by atoms with Crippen LogP contribution in [0.5, 0.6) is 5.75 Å². The molecule has 94 heavy (non-hydrogen) atoms. The quantitative estimate of drug-likeness (QED) is 0.00761. The Hall–Kier alpha value is -7.20. The smallest absolute Gasteiger partial charge is 0.320 e. The minimum atomic E-state index is -2.56. The molecule has 3 saturated heterocycles. The lowest BCUT2D eigenvalue weighted by Gasteiger charge is -2.44. The second kappa shape index (κ2) is 37.8. The number of amides is 7. The van der Waals surface area contributed by atoms with E-state index in [0.717, 1.165) is 0 Å². The van der Waals surface area contributed by atoms with E-state index < -0.39 is 188 Å². The van der Waals surface area contributed by atoms with Gasteiger partial charge in [-0.1, -0.05) is 41.5 Å². The number of ether oxygens (including phenoxy) is 10. The molecule has 7 amide bonds. The molecule has 3 aliphatic rings. The molecule has 3 heterocycles. The lowest BCUT2D eigenvalue weighted by atomic mass is 9.82. The summed E-state index contributed by atoms with van der Waals surface area (Å²) < 4.78 is 128. The number of hydrogen-bond donors (Lipinski definition) is 7. The van der Waals surface area contributed by atoms with Gasteiger partial charge in [0.15, 0.2) is 18.9 Å². The number of rotatable bonds is 34. The van der Waals surface area contributed by atoms with Crippen LogP contribution < -0.4 is 42.0 Å². The zero-order valence-electron chi connectivity index (χ0n) is 54.9. The lowest BCUT2D eigenvalue weighted by molar-refractivity contribution is -0.243. The van der Waals surface area contributed by atoms with Crippen molar-refractivity contribution in [3.8, 4) is 5.75 Å². The molecule has 15 atom stereocenters. The lowest BCUT2D eigenvalue weighted by Crippen LogP contribution is -2.58. The van der Waals surface area contributed by atoms with Gasteiger partial charge >= 0.3 is 23.9 Å². The van der Waals surface area contributed by atoms with E-state index in [-0.39, 0.29) is 113 Å². The van der Waals surface area contributed by atoms with Gasteiger partial charge in [0.05, 0.1) is 56.3 Å². The molecule has 7 N–H and O–H groups in total. The van der Waals surface area contributed by atoms with Gasteiger partial charge in [-0.2, -0.15) is 8.78 Å². The predicted molar refractivity (Wildman–Crippen MR) is 316 cm³/mol. The van der Waals surface area contributed by atoms with Gasteiger partial charge in [0.1, 0.15) is 26.2 Å². The summed E-state index contributed by atoms with van der Waals surface area (Å²) in [6, 6.07) is -2.02. The van der Waals surface area contributed by atoms with Crippen molar-refractivity contribution in [1.29, 1.82) is 0 Å². The fourth-order valence-corrected chi connectivity index (χ4v) is 11.1. The van der Waals surface area contributed by atoms with Crippen LogP contribution in [0.15, 0.2) is 0 Å². The number of nitrogens with one attached hydrogen (secondary N) is 7. The molecule has 3 aliphatic heterocycles. The molecular weight excluding hydrogens is 1260 g/mol. The summed E-state index contributed by atoms with van der Waals surface area (Å²) in [6.45, 7) is 17.2. The SMILES string of the molecule is CC(=O)NC1[C@H](OCCNC(=O)CCC(CCC(=O)NCCO[C@@H]2OC(COC(C)=O)[C@H](C)[C@H](C)C2NC(C)=O)(CCC(=O)NCCO[C@@H]2OC(COC(C)=O)[C@H](C)[C@H](C)C2NC(C)=O)NC(=O)CC(=O)Oc2c(F)c(F)c(F)c(F)c2F)OC(COC(C)=O)[C@H](C)[C@@H]1C. The van der Waals surface area contributed by atoms with Crippen LogP contribution in [0.3, 0.4) is 0 Å². The normalized spacial score (nSPS) is 26.4. The predicted octanol–water partition coefficient (Wildman–Crippen LogP) is 2.47. The van der Waals surface area contributed by atoms with Crippen molar-refractivity contribution in [2.75, 3.05) is 59.3 Å². The Morgan fingerprint density at radius 1 is 0.415 bits per heavy atom. The minimum Gasteiger partial charge on any atom is -0.463 e. The second-order valence-electron chi connectivity index (χ2n) is 23.9. The van der Waals surface area contributed by atoms with Crippen molar-refractivity contribution in [1.82, 2.24) is 37.2 Å². The van der Waals surface area contributed by atoms with E-state index in [4.69, 9.17) is 42.6 Å². The monoisotopic (exact) mass is 1350 g/mol. The molecule has 0 radical (unpaired) electrons. The highest BCUT2D eigenvalue weighted by Crippen LogP contribution is 2.36. The molecule has 1 aromatic carbocycles. The van der Waals surface area contributed by atoms with Crippen LogP contribution in [0.4, 0.5) is 22.0 Å². The van der Waals surface area contributed by atoms with Gasteiger partial charge in [0.25, 0.3) is 0 Å². The summed E-state index contributed by atoms with van der Waals surface area (Å²) >= 11 is 0. The van der Waals surface area contributed by atoms with Crippen LogP contribution in [0, 0.1) is 64.6 Å². The van der Waals surface area contributed by atoms with Gasteiger partial charge in [-0.15, -0.1) is 0 Å². The number of halogens is 5. The van der Waals surface area contributed by atoms with E-state index in [9.17, 15) is 74.7 Å². The number of benzene rings is 1. The highest BCUT2D eigenvalue weighted by Gasteiger charge is 2.46. The van der Waals surface area contributed by atoms with Crippen LogP contribution in [0.25, 0.3) is 0 Å². The van der Waals surface area contributed by atoms with Crippen LogP contribution in [0.2, 0.25) is 0 Å². The largest absolute Gasteiger partial charge is 0.463 e. The number of carbonyl (C=O) groups excluding carboxylic acids is 11. The molecule has 0 spiro atoms. The van der Waals surface area contributed by atoms with E-state index in [2.05, 4.69) is 42.0 Å². The maximum Gasteiger partial charge on any atom is 0.320 e. The van der Waals surface area contributed by atoms with Crippen molar-refractivity contribution in [3.05, 3.63) is 29.1 Å². The molecule has 0 bridgehead atoms. The van der Waals surface area contributed by atoms with Crippen LogP contribution in [-0.4, -0.2) is 185 Å². The molecule has 1 aromatic rings. The first-order valence-corrected chi connectivity index (χ1v) is 31.0. The van der Waals surface area contributed by atoms with Gasteiger partial charge in [-0.25, -0.2) is 13.2 Å². The third kappa shape index (κ3) is 24.5. The van der Waals surface area contributed by atoms with Crippen LogP contribution in [-0.2, 0) is 95.4 Å². The highest BCUT2D eigenvalue weighted by atomic mass is 19.2. The van der Waals surface area contributed by atoms with Crippen molar-refractivity contribution >= 4 is 65.2 Å². The second-order valence-corrected chi connectivity index (χ2v) is 23.9. The van der Waals surface area contributed by atoms with E-state index >= 15 is 0 Å². The zero-order chi connectivity index (χ0) is 70.3. The molecule has 0 aromatic heterocycles. The van der Waals surface area contributed by atoms with Crippen molar-refractivity contribution in [3.63, 3.8) is 0 Å². The minimum absolute atomic E-state index is 0.114. The van der Waals surface area contributed by atoms with E-state index in [0.29, 0.717) is 0 Å². The van der Waals surface area contributed by atoms with Gasteiger partial charge < -0.3 is 84.6 Å². The molecule has 0 aliphatic carbocycles. The number of hydrogen-bond acceptors (Lipinski definition) is 21. The molecule has 0 saturated carbocycles. The van der Waals surface area contributed by atoms with Crippen LogP contribution >= 0.6 is 0 Å². The Labute approximate surface area is 541 Å². The van der Waals surface area contributed by atoms with Gasteiger partial charge in [-0.05, 0) is 54.8 Å². The highest BCUT2D eigenvalue weighted by molar-refractivity contribution is 5.95. The first-order valence-electron chi connectivity index (χ1n) is 31.0. The standard InChI is InChI=1S/C61H90F5N7O21/c1-29-32(4)54(70-35(7)74)58(91-41(29)26-88-38(10)77)85-22-19-67-44(80)13-16-61(73-47(83)25-48(84)94-57-52(65)50(63)49(62)51(64)53(57)66,17-14-45(81)68-20-23-86-59-55(71-36(8)75)33(5)30(2)42(92-59)27-89-39(11)78)18-15-46(82)69-21-24-87-60-56(72-37(9)76)34(6)31(3)43(93-60)28-90-40(12)79/h29-34,41-43,54-56,58-60H,13-28H2,1-12H3,(H,67,80)(H,68,81)(H,69,82)(H,70,74)(H,71,75)(H,72,76)(H,73,83)/t29-,30-,31-,32+,33+,34+,41?,42?,43?,54?,55?,56?,58-,59-,60-,61?/m1/s1. The van der Waals surface area contributed by atoms with E-state index in [1.54, 1.807) is 0 Å². The zero-order valence-corrected chi connectivity index (χ0v) is 54.9. The Bertz CT molecular complexity index is 2580. The van der Waals surface area contributed by atoms with Gasteiger partial charge in [0, 0.05) is 86.0 Å². The van der Waals surface area contributed by atoms with E-state index in [1.165, 1.54) is 41.5 Å². The van der Waals surface area contributed by atoms with Crippen molar-refractivity contribution in [2.24, 2.45) is 35.5 Å². The molecule has 28 nitrogen and oxygen atoms in total. The Morgan fingerprint density at radius 3 is 0.979 bits per heavy atom. The fourth-order valence-electron chi connectivity index (χ4n) is 11.1. The summed E-state index contributed by atoms with van der Waals surface area (Å²) in [4.78, 5) is 140. The molecule has 4 rings (SSSR count). The molecule has 6 unspecified atom stereocenters. The Morgan fingerprint density at radius 2 is 0.702 bits per heavy atom. The third-order valence-corrected chi connectivity index (χ3v) is 16.9. The average Bonchev–Trinajstić information content (AvgIpc) is 0.849. The summed E-state index contributed by atoms with van der Waals surface area (Å²) in [7, 11) is 0. The Kier molecular flexibility index (Phi) is 31.8. The Balaban J connectivity index is 1.60. The molecule has 3 fully saturated rings. The maximum absolute atomic E-state index is 14.7. The average molecular weight is 1350 g/mol.